The van der Waals surface area contributed by atoms with E-state index in [2.05, 4.69) is 15.7 Å². The number of amides is 2. The van der Waals surface area contributed by atoms with E-state index in [-0.39, 0.29) is 23.5 Å². The first-order valence-corrected chi connectivity index (χ1v) is 12.9. The molecule has 1 unspecified atom stereocenters. The summed E-state index contributed by atoms with van der Waals surface area (Å²) in [5.41, 5.74) is 1.96. The SMILES string of the molecule is Cc1cccc(C(=O)N[C@H](C(=O)OCC(=O)Nc2cc(C)nn2C2CCS(=O)(=O)C2)C(C)C)c1. The van der Waals surface area contributed by atoms with Gasteiger partial charge < -0.3 is 15.4 Å². The molecule has 0 saturated carbocycles. The number of benzene rings is 1. The summed E-state index contributed by atoms with van der Waals surface area (Å²) >= 11 is 0. The quantitative estimate of drug-likeness (QED) is 0.538. The lowest BCUT2D eigenvalue weighted by atomic mass is 10.0. The van der Waals surface area contributed by atoms with Crippen LogP contribution in [0.5, 0.6) is 0 Å². The van der Waals surface area contributed by atoms with Gasteiger partial charge in [0.1, 0.15) is 11.9 Å². The second-order valence-corrected chi connectivity index (χ2v) is 11.1. The lowest BCUT2D eigenvalue weighted by Gasteiger charge is -2.21. The Kier molecular flexibility index (Phi) is 7.75. The molecule has 1 fully saturated rings. The van der Waals surface area contributed by atoms with Crippen LogP contribution in [0.2, 0.25) is 0 Å². The van der Waals surface area contributed by atoms with Crippen molar-refractivity contribution in [1.29, 1.82) is 0 Å². The summed E-state index contributed by atoms with van der Waals surface area (Å²) in [7, 11) is -3.13. The van der Waals surface area contributed by atoms with Crippen LogP contribution in [0.15, 0.2) is 30.3 Å². The Labute approximate surface area is 199 Å². The largest absolute Gasteiger partial charge is 0.454 e. The molecule has 34 heavy (non-hydrogen) atoms. The molecule has 1 aliphatic rings. The number of anilines is 1. The van der Waals surface area contributed by atoms with Gasteiger partial charge in [0.05, 0.1) is 23.2 Å². The number of esters is 1. The van der Waals surface area contributed by atoms with Crippen molar-refractivity contribution < 1.29 is 27.5 Å². The molecule has 2 amide bonds. The van der Waals surface area contributed by atoms with Crippen molar-refractivity contribution in [3.05, 3.63) is 47.2 Å². The fourth-order valence-corrected chi connectivity index (χ4v) is 5.46. The number of aromatic nitrogens is 2. The van der Waals surface area contributed by atoms with Crippen molar-refractivity contribution in [3.63, 3.8) is 0 Å². The number of ether oxygens (including phenoxy) is 1. The number of nitrogens with one attached hydrogen (secondary N) is 2. The Hall–Kier alpha value is -3.21. The van der Waals surface area contributed by atoms with E-state index < -0.39 is 40.3 Å². The Morgan fingerprint density at radius 1 is 1.21 bits per heavy atom. The van der Waals surface area contributed by atoms with Gasteiger partial charge in [0.15, 0.2) is 16.4 Å². The number of hydrogen-bond acceptors (Lipinski definition) is 7. The van der Waals surface area contributed by atoms with Crippen LogP contribution in [0.3, 0.4) is 0 Å². The number of aryl methyl sites for hydroxylation is 2. The van der Waals surface area contributed by atoms with Crippen molar-refractivity contribution in [3.8, 4) is 0 Å². The van der Waals surface area contributed by atoms with Gasteiger partial charge in [-0.05, 0) is 38.3 Å². The molecule has 2 atom stereocenters. The van der Waals surface area contributed by atoms with E-state index in [1.54, 1.807) is 45.0 Å². The highest BCUT2D eigenvalue weighted by Gasteiger charge is 2.32. The monoisotopic (exact) mass is 490 g/mol. The number of sulfone groups is 1. The molecule has 0 aliphatic carbocycles. The van der Waals surface area contributed by atoms with Crippen LogP contribution >= 0.6 is 0 Å². The first-order chi connectivity index (χ1) is 15.9. The van der Waals surface area contributed by atoms with E-state index in [4.69, 9.17) is 4.74 Å². The lowest BCUT2D eigenvalue weighted by molar-refractivity contribution is -0.150. The van der Waals surface area contributed by atoms with E-state index in [0.717, 1.165) is 5.56 Å². The van der Waals surface area contributed by atoms with Crippen LogP contribution in [-0.4, -0.2) is 60.1 Å². The Morgan fingerprint density at radius 3 is 2.56 bits per heavy atom. The van der Waals surface area contributed by atoms with Crippen molar-refractivity contribution >= 4 is 33.4 Å². The normalized spacial score (nSPS) is 17.9. The number of hydrogen-bond donors (Lipinski definition) is 2. The van der Waals surface area contributed by atoms with Crippen LogP contribution < -0.4 is 10.6 Å². The summed E-state index contributed by atoms with van der Waals surface area (Å²) in [4.78, 5) is 37.6. The summed E-state index contributed by atoms with van der Waals surface area (Å²) in [6, 6.07) is 7.32. The maximum absolute atomic E-state index is 12.6. The number of nitrogens with zero attached hydrogens (tertiary/aromatic N) is 2. The third-order valence-corrected chi connectivity index (χ3v) is 7.26. The Morgan fingerprint density at radius 2 is 1.94 bits per heavy atom. The van der Waals surface area contributed by atoms with Gasteiger partial charge in [-0.25, -0.2) is 17.9 Å². The van der Waals surface area contributed by atoms with E-state index in [1.165, 1.54) is 4.68 Å². The molecule has 0 radical (unpaired) electrons. The molecule has 1 aromatic heterocycles. The molecular formula is C23H30N4O6S. The molecule has 2 N–H and O–H groups in total. The van der Waals surface area contributed by atoms with E-state index in [9.17, 15) is 22.8 Å². The van der Waals surface area contributed by atoms with Crippen LogP contribution in [0.1, 0.15) is 47.9 Å². The van der Waals surface area contributed by atoms with Gasteiger partial charge in [-0.15, -0.1) is 0 Å². The van der Waals surface area contributed by atoms with Crippen molar-refractivity contribution in [2.24, 2.45) is 5.92 Å². The van der Waals surface area contributed by atoms with Gasteiger partial charge in [-0.2, -0.15) is 5.10 Å². The molecule has 2 aromatic rings. The minimum absolute atomic E-state index is 0.0390. The van der Waals surface area contributed by atoms with Crippen LogP contribution in [0, 0.1) is 19.8 Å². The Bertz CT molecular complexity index is 1190. The van der Waals surface area contributed by atoms with E-state index >= 15 is 0 Å². The van der Waals surface area contributed by atoms with E-state index in [1.807, 2.05) is 13.0 Å². The molecule has 1 aliphatic heterocycles. The van der Waals surface area contributed by atoms with Gasteiger partial charge in [0.25, 0.3) is 11.8 Å². The molecule has 0 bridgehead atoms. The summed E-state index contributed by atoms with van der Waals surface area (Å²) in [5, 5.41) is 9.62. The first-order valence-electron chi connectivity index (χ1n) is 11.1. The second-order valence-electron chi connectivity index (χ2n) is 8.89. The average Bonchev–Trinajstić information content (AvgIpc) is 3.30. The standard InChI is InChI=1S/C23H30N4O6S/c1-14(2)21(25-22(29)17-7-5-6-15(3)10-17)23(30)33-12-20(28)24-19-11-16(4)26-27(19)18-8-9-34(31,32)13-18/h5-7,10-11,14,18,21H,8-9,12-13H2,1-4H3,(H,24,28)(H,25,29)/t18?,21-/m0/s1. The number of rotatable bonds is 8. The van der Waals surface area contributed by atoms with Crippen LogP contribution in [0.4, 0.5) is 5.82 Å². The molecule has 10 nitrogen and oxygen atoms in total. The zero-order valence-corrected chi connectivity index (χ0v) is 20.5. The highest BCUT2D eigenvalue weighted by atomic mass is 32.2. The average molecular weight is 491 g/mol. The van der Waals surface area contributed by atoms with Crippen molar-refractivity contribution in [2.75, 3.05) is 23.4 Å². The Balaban J connectivity index is 1.59. The van der Waals surface area contributed by atoms with Gasteiger partial charge in [-0.1, -0.05) is 31.5 Å². The molecule has 184 valence electrons. The van der Waals surface area contributed by atoms with E-state index in [0.29, 0.717) is 23.5 Å². The van der Waals surface area contributed by atoms with Crippen LogP contribution in [-0.2, 0) is 24.2 Å². The second kappa shape index (κ2) is 10.4. The summed E-state index contributed by atoms with van der Waals surface area (Å²) in [5.74, 6) is -1.61. The minimum atomic E-state index is -3.13. The van der Waals surface area contributed by atoms with Crippen molar-refractivity contribution in [1.82, 2.24) is 15.1 Å². The van der Waals surface area contributed by atoms with Gasteiger partial charge >= 0.3 is 5.97 Å². The molecule has 1 saturated heterocycles. The maximum Gasteiger partial charge on any atom is 0.329 e. The minimum Gasteiger partial charge on any atom is -0.454 e. The fourth-order valence-electron chi connectivity index (χ4n) is 3.77. The third-order valence-electron chi connectivity index (χ3n) is 5.51. The molecule has 11 heteroatoms. The van der Waals surface area contributed by atoms with Gasteiger partial charge in [0.2, 0.25) is 0 Å². The smallest absolute Gasteiger partial charge is 0.329 e. The number of carbonyl (C=O) groups excluding carboxylic acids is 3. The van der Waals surface area contributed by atoms with Crippen LogP contribution in [0.25, 0.3) is 0 Å². The van der Waals surface area contributed by atoms with Gasteiger partial charge in [0, 0.05) is 11.6 Å². The summed E-state index contributed by atoms with van der Waals surface area (Å²) in [6.07, 6.45) is 0.415. The molecule has 2 heterocycles. The topological polar surface area (TPSA) is 136 Å². The zero-order chi connectivity index (χ0) is 25.0. The molecule has 0 spiro atoms. The third kappa shape index (κ3) is 6.43. The predicted octanol–water partition coefficient (Wildman–Crippen LogP) is 1.80. The van der Waals surface area contributed by atoms with Gasteiger partial charge in [-0.3, -0.25) is 9.59 Å². The first kappa shape index (κ1) is 25.4. The van der Waals surface area contributed by atoms with Crippen molar-refractivity contribution in [2.45, 2.75) is 46.2 Å². The molecule has 1 aromatic carbocycles. The highest BCUT2D eigenvalue weighted by molar-refractivity contribution is 7.91. The maximum atomic E-state index is 12.6. The fraction of sp³-hybridized carbons (Fsp3) is 0.478. The molecular weight excluding hydrogens is 460 g/mol. The summed E-state index contributed by atoms with van der Waals surface area (Å²) in [6.45, 7) is 6.57. The number of carbonyl (C=O) groups is 3. The predicted molar refractivity (Wildman–Crippen MR) is 126 cm³/mol. The summed E-state index contributed by atoms with van der Waals surface area (Å²) < 4.78 is 30.3. The zero-order valence-electron chi connectivity index (χ0n) is 19.7. The highest BCUT2D eigenvalue weighted by Crippen LogP contribution is 2.27. The molecule has 3 rings (SSSR count). The lowest BCUT2D eigenvalue weighted by Crippen LogP contribution is -2.46.